The largest absolute Gasteiger partial charge is 0.481 e. The van der Waals surface area contributed by atoms with Crippen LogP contribution in [0.15, 0.2) is 0 Å². The number of nitrogens with one attached hydrogen (secondary N) is 3. The molecule has 9 N–H and O–H groups in total. The van der Waals surface area contributed by atoms with Gasteiger partial charge >= 0.3 is 17.9 Å². The Hall–Kier alpha value is -1.83. The molecule has 162 valence electrons. The Kier molecular flexibility index (Phi) is 10.3. The summed E-state index contributed by atoms with van der Waals surface area (Å²) in [7, 11) is 0. The molecule has 3 fully saturated rings. The Morgan fingerprint density at radius 1 is 0.821 bits per heavy atom. The summed E-state index contributed by atoms with van der Waals surface area (Å²) in [6.45, 7) is 1.52. The van der Waals surface area contributed by atoms with Crippen molar-refractivity contribution in [3.8, 4) is 0 Å². The van der Waals surface area contributed by atoms with Crippen LogP contribution < -0.4 is 16.0 Å². The third-order valence-electron chi connectivity index (χ3n) is 4.69. The first kappa shape index (κ1) is 24.2. The minimum absolute atomic E-state index is 0.0428. The number of hydrogen-bond donors (Lipinski definition) is 9. The lowest BCUT2D eigenvalue weighted by Crippen LogP contribution is -2.33. The van der Waals surface area contributed by atoms with Gasteiger partial charge < -0.3 is 46.6 Å². The average molecular weight is 407 g/mol. The molecule has 0 saturated carbocycles. The second kappa shape index (κ2) is 11.9. The van der Waals surface area contributed by atoms with Crippen LogP contribution in [-0.2, 0) is 14.4 Å². The number of aliphatic hydroxyl groups excluding tert-OH is 3. The molecule has 0 aliphatic carbocycles. The molecule has 12 heteroatoms. The van der Waals surface area contributed by atoms with Crippen LogP contribution in [0.25, 0.3) is 0 Å². The highest BCUT2D eigenvalue weighted by Gasteiger charge is 2.33. The van der Waals surface area contributed by atoms with Gasteiger partial charge in [-0.3, -0.25) is 14.4 Å². The van der Waals surface area contributed by atoms with Crippen molar-refractivity contribution in [2.24, 2.45) is 5.92 Å². The highest BCUT2D eigenvalue weighted by molar-refractivity contribution is 5.77. The van der Waals surface area contributed by atoms with Gasteiger partial charge in [-0.25, -0.2) is 0 Å². The molecule has 0 radical (unpaired) electrons. The van der Waals surface area contributed by atoms with Gasteiger partial charge in [-0.2, -0.15) is 0 Å². The van der Waals surface area contributed by atoms with E-state index in [1.54, 1.807) is 0 Å². The molecule has 6 unspecified atom stereocenters. The summed E-state index contributed by atoms with van der Waals surface area (Å²) in [5.41, 5.74) is 0. The summed E-state index contributed by atoms with van der Waals surface area (Å²) in [5.74, 6) is -3.34. The van der Waals surface area contributed by atoms with E-state index in [9.17, 15) is 14.4 Å². The molecule has 6 atom stereocenters. The monoisotopic (exact) mass is 407 g/mol. The van der Waals surface area contributed by atoms with E-state index in [-0.39, 0.29) is 31.7 Å². The molecule has 0 spiro atoms. The number of β-amino-alcohol motifs (C(OH)–C–C–N with tert-alkyl or cyclic N) is 1. The standard InChI is InChI=1S/C6H9NO4.C5H9NO3.C5H11NO2/c8-5(9)3-1-4(6(10)11)7-2-3;7-3-1-4(5(8)9)6-2-3;7-3-4-5(8)1-2-6-4/h3-4,7H,1-2H2,(H,8,9)(H,10,11);3-4,6-7H,1-2H2,(H,8,9);4-8H,1-3H2. The SMILES string of the molecule is O=C(O)C1CC(O)CN1.O=C(O)C1CNC(C(=O)O)C1.OCC1NCCC1O. The van der Waals surface area contributed by atoms with Gasteiger partial charge in [0.15, 0.2) is 0 Å². The van der Waals surface area contributed by atoms with Crippen molar-refractivity contribution in [2.75, 3.05) is 26.2 Å². The summed E-state index contributed by atoms with van der Waals surface area (Å²) in [4.78, 5) is 30.8. The van der Waals surface area contributed by atoms with Crippen molar-refractivity contribution in [2.45, 2.75) is 49.6 Å². The van der Waals surface area contributed by atoms with E-state index >= 15 is 0 Å². The molecular formula is C16H29N3O9. The maximum atomic E-state index is 10.3. The van der Waals surface area contributed by atoms with Crippen LogP contribution in [0.4, 0.5) is 0 Å². The number of rotatable bonds is 4. The van der Waals surface area contributed by atoms with E-state index < -0.39 is 42.0 Å². The molecule has 3 aliphatic rings. The fourth-order valence-corrected chi connectivity index (χ4v) is 2.96. The van der Waals surface area contributed by atoms with Crippen molar-refractivity contribution in [1.29, 1.82) is 0 Å². The van der Waals surface area contributed by atoms with E-state index in [1.165, 1.54) is 0 Å². The lowest BCUT2D eigenvalue weighted by Gasteiger charge is -2.09. The zero-order valence-corrected chi connectivity index (χ0v) is 15.3. The van der Waals surface area contributed by atoms with Gasteiger partial charge in [0.25, 0.3) is 0 Å². The Bertz CT molecular complexity index is 513. The lowest BCUT2D eigenvalue weighted by atomic mass is 10.1. The Morgan fingerprint density at radius 2 is 1.39 bits per heavy atom. The molecule has 3 saturated heterocycles. The van der Waals surface area contributed by atoms with Gasteiger partial charge in [0, 0.05) is 19.5 Å². The zero-order chi connectivity index (χ0) is 21.3. The molecule has 3 aliphatic heterocycles. The van der Waals surface area contributed by atoms with Crippen LogP contribution in [0.2, 0.25) is 0 Å². The second-order valence-corrected chi connectivity index (χ2v) is 6.86. The molecule has 12 nitrogen and oxygen atoms in total. The maximum absolute atomic E-state index is 10.3. The van der Waals surface area contributed by atoms with E-state index in [2.05, 4.69) is 16.0 Å². The van der Waals surface area contributed by atoms with Crippen LogP contribution in [0, 0.1) is 5.92 Å². The molecule has 3 rings (SSSR count). The minimum atomic E-state index is -0.978. The van der Waals surface area contributed by atoms with Crippen LogP contribution in [0.1, 0.15) is 19.3 Å². The first-order chi connectivity index (χ1) is 13.1. The van der Waals surface area contributed by atoms with Gasteiger partial charge in [-0.1, -0.05) is 0 Å². The summed E-state index contributed by atoms with van der Waals surface area (Å²) in [6.07, 6.45) is 0.469. The van der Waals surface area contributed by atoms with Crippen LogP contribution in [-0.4, -0.2) is 105 Å². The van der Waals surface area contributed by atoms with Crippen molar-refractivity contribution in [1.82, 2.24) is 16.0 Å². The maximum Gasteiger partial charge on any atom is 0.320 e. The van der Waals surface area contributed by atoms with E-state index in [0.717, 1.165) is 13.0 Å². The van der Waals surface area contributed by atoms with Crippen molar-refractivity contribution in [3.63, 3.8) is 0 Å². The predicted octanol–water partition coefficient (Wildman–Crippen LogP) is -3.37. The smallest absolute Gasteiger partial charge is 0.320 e. The van der Waals surface area contributed by atoms with Crippen molar-refractivity contribution in [3.05, 3.63) is 0 Å². The number of aliphatic hydroxyl groups is 3. The predicted molar refractivity (Wildman–Crippen MR) is 94.7 cm³/mol. The van der Waals surface area contributed by atoms with E-state index in [1.807, 2.05) is 0 Å². The van der Waals surface area contributed by atoms with Crippen LogP contribution in [0.5, 0.6) is 0 Å². The zero-order valence-electron chi connectivity index (χ0n) is 15.3. The normalized spacial score (nSPS) is 34.0. The highest BCUT2D eigenvalue weighted by atomic mass is 16.4. The average Bonchev–Trinajstić information content (AvgIpc) is 3.36. The van der Waals surface area contributed by atoms with E-state index in [0.29, 0.717) is 13.0 Å². The molecule has 0 bridgehead atoms. The molecule has 28 heavy (non-hydrogen) atoms. The molecule has 3 heterocycles. The first-order valence-electron chi connectivity index (χ1n) is 9.01. The summed E-state index contributed by atoms with van der Waals surface area (Å²) in [6, 6.07) is -1.30. The van der Waals surface area contributed by atoms with Gasteiger partial charge in [-0.05, 0) is 19.4 Å². The number of carbonyl (C=O) groups is 3. The first-order valence-corrected chi connectivity index (χ1v) is 9.01. The van der Waals surface area contributed by atoms with Crippen molar-refractivity contribution >= 4 is 17.9 Å². The summed E-state index contributed by atoms with van der Waals surface area (Å²) >= 11 is 0. The third-order valence-corrected chi connectivity index (χ3v) is 4.69. The van der Waals surface area contributed by atoms with Gasteiger partial charge in [0.2, 0.25) is 0 Å². The second-order valence-electron chi connectivity index (χ2n) is 6.86. The van der Waals surface area contributed by atoms with Crippen molar-refractivity contribution < 1.29 is 45.0 Å². The molecular weight excluding hydrogens is 378 g/mol. The number of carboxylic acids is 3. The van der Waals surface area contributed by atoms with Gasteiger partial charge in [0.05, 0.1) is 30.8 Å². The number of carboxylic acid groups (broad SMARTS) is 3. The fraction of sp³-hybridized carbons (Fsp3) is 0.812. The van der Waals surface area contributed by atoms with Crippen LogP contribution in [0.3, 0.4) is 0 Å². The number of hydrogen-bond acceptors (Lipinski definition) is 9. The van der Waals surface area contributed by atoms with Gasteiger partial charge in [0.1, 0.15) is 12.1 Å². The molecule has 0 amide bonds. The molecule has 0 aromatic rings. The fourth-order valence-electron chi connectivity index (χ4n) is 2.96. The molecule has 0 aromatic heterocycles. The lowest BCUT2D eigenvalue weighted by molar-refractivity contribution is -0.142. The van der Waals surface area contributed by atoms with E-state index in [4.69, 9.17) is 30.6 Å². The minimum Gasteiger partial charge on any atom is -0.481 e. The Labute approximate surface area is 161 Å². The third kappa shape index (κ3) is 8.04. The molecule has 0 aromatic carbocycles. The summed E-state index contributed by atoms with van der Waals surface area (Å²) in [5, 5.41) is 59.8. The topological polar surface area (TPSA) is 209 Å². The summed E-state index contributed by atoms with van der Waals surface area (Å²) < 4.78 is 0. The van der Waals surface area contributed by atoms with Gasteiger partial charge in [-0.15, -0.1) is 0 Å². The quantitative estimate of drug-likeness (QED) is 0.224. The Balaban J connectivity index is 0.000000213. The highest BCUT2D eigenvalue weighted by Crippen LogP contribution is 2.13. The van der Waals surface area contributed by atoms with Crippen LogP contribution >= 0.6 is 0 Å². The number of aliphatic carboxylic acids is 3. The Morgan fingerprint density at radius 3 is 1.64 bits per heavy atom.